The lowest BCUT2D eigenvalue weighted by Crippen LogP contribution is -2.32. The first-order valence-electron chi connectivity index (χ1n) is 5.39. The number of carbonyl (C=O) groups excluding carboxylic acids is 1. The maximum absolute atomic E-state index is 11.1. The third kappa shape index (κ3) is 2.09. The zero-order valence-electron chi connectivity index (χ0n) is 8.13. The molecule has 1 heterocycles. The molecular formula is C11H18OS. The monoisotopic (exact) mass is 198 g/mol. The van der Waals surface area contributed by atoms with Crippen LogP contribution in [0.25, 0.3) is 0 Å². The lowest BCUT2D eigenvalue weighted by molar-refractivity contribution is -0.118. The fourth-order valence-corrected chi connectivity index (χ4v) is 3.73. The molecule has 1 nitrogen and oxygen atoms in total. The minimum Gasteiger partial charge on any atom is -0.303 e. The highest BCUT2D eigenvalue weighted by molar-refractivity contribution is 7.99. The van der Waals surface area contributed by atoms with Crippen molar-refractivity contribution in [2.75, 3.05) is 11.5 Å². The highest BCUT2D eigenvalue weighted by Crippen LogP contribution is 2.43. The summed E-state index contributed by atoms with van der Waals surface area (Å²) in [5.74, 6) is 3.28. The minimum absolute atomic E-state index is 0.0936. The lowest BCUT2D eigenvalue weighted by atomic mass is 9.70. The van der Waals surface area contributed by atoms with Gasteiger partial charge in [0.15, 0.2) is 0 Å². The molecule has 0 amide bonds. The second-order valence-corrected chi connectivity index (χ2v) is 5.82. The van der Waals surface area contributed by atoms with Gasteiger partial charge in [0, 0.05) is 5.41 Å². The summed E-state index contributed by atoms with van der Waals surface area (Å²) in [6.45, 7) is 0. The van der Waals surface area contributed by atoms with Gasteiger partial charge >= 0.3 is 0 Å². The van der Waals surface area contributed by atoms with E-state index < -0.39 is 0 Å². The standard InChI is InChI=1S/C11H18OS/c12-9-11(4-6-13-7-5-11)8-10-2-1-3-10/h9-10H,1-8H2. The average molecular weight is 198 g/mol. The second kappa shape index (κ2) is 4.04. The van der Waals surface area contributed by atoms with Gasteiger partial charge in [-0.3, -0.25) is 0 Å². The molecule has 2 heteroatoms. The van der Waals surface area contributed by atoms with Crippen LogP contribution >= 0.6 is 11.8 Å². The number of carbonyl (C=O) groups is 1. The van der Waals surface area contributed by atoms with Crippen molar-refractivity contribution in [3.8, 4) is 0 Å². The Morgan fingerprint density at radius 2 is 2.00 bits per heavy atom. The molecule has 2 aliphatic rings. The largest absolute Gasteiger partial charge is 0.303 e. The van der Waals surface area contributed by atoms with Crippen LogP contribution in [0, 0.1) is 11.3 Å². The number of aldehydes is 1. The van der Waals surface area contributed by atoms with Crippen LogP contribution in [-0.4, -0.2) is 17.8 Å². The van der Waals surface area contributed by atoms with Gasteiger partial charge in [-0.1, -0.05) is 19.3 Å². The van der Waals surface area contributed by atoms with E-state index in [-0.39, 0.29) is 5.41 Å². The third-order valence-corrected chi connectivity index (χ3v) is 4.64. The Hall–Kier alpha value is 0.0200. The van der Waals surface area contributed by atoms with E-state index in [2.05, 4.69) is 0 Å². The van der Waals surface area contributed by atoms with E-state index in [4.69, 9.17) is 0 Å². The Labute approximate surface area is 84.7 Å². The highest BCUT2D eigenvalue weighted by Gasteiger charge is 2.35. The molecule has 0 aromatic carbocycles. The summed E-state index contributed by atoms with van der Waals surface area (Å²) in [4.78, 5) is 11.1. The average Bonchev–Trinajstić information content (AvgIpc) is 2.13. The third-order valence-electron chi connectivity index (χ3n) is 3.66. The predicted molar refractivity (Wildman–Crippen MR) is 57.0 cm³/mol. The van der Waals surface area contributed by atoms with Gasteiger partial charge in [-0.25, -0.2) is 0 Å². The van der Waals surface area contributed by atoms with Crippen molar-refractivity contribution in [2.24, 2.45) is 11.3 Å². The fraction of sp³-hybridized carbons (Fsp3) is 0.909. The van der Waals surface area contributed by atoms with E-state index in [1.165, 1.54) is 43.5 Å². The zero-order valence-corrected chi connectivity index (χ0v) is 8.94. The molecular weight excluding hydrogens is 180 g/mol. The van der Waals surface area contributed by atoms with Crippen LogP contribution < -0.4 is 0 Å². The van der Waals surface area contributed by atoms with E-state index in [9.17, 15) is 4.79 Å². The van der Waals surface area contributed by atoms with Crippen LogP contribution in [0.15, 0.2) is 0 Å². The van der Waals surface area contributed by atoms with Crippen LogP contribution in [0.1, 0.15) is 38.5 Å². The van der Waals surface area contributed by atoms with Gasteiger partial charge in [-0.2, -0.15) is 11.8 Å². The first-order valence-corrected chi connectivity index (χ1v) is 6.54. The zero-order chi connectivity index (χ0) is 9.15. The van der Waals surface area contributed by atoms with E-state index in [1.807, 2.05) is 11.8 Å². The van der Waals surface area contributed by atoms with Crippen molar-refractivity contribution in [2.45, 2.75) is 38.5 Å². The summed E-state index contributed by atoms with van der Waals surface area (Å²) in [6.07, 6.45) is 8.89. The normalized spacial score (nSPS) is 28.0. The first-order chi connectivity index (χ1) is 6.35. The van der Waals surface area contributed by atoms with Gasteiger partial charge in [0.25, 0.3) is 0 Å². The molecule has 1 saturated carbocycles. The van der Waals surface area contributed by atoms with Crippen molar-refractivity contribution >= 4 is 18.0 Å². The molecule has 0 bridgehead atoms. The second-order valence-electron chi connectivity index (χ2n) is 4.59. The van der Waals surface area contributed by atoms with Gasteiger partial charge in [0.2, 0.25) is 0 Å². The Balaban J connectivity index is 1.91. The highest BCUT2D eigenvalue weighted by atomic mass is 32.2. The smallest absolute Gasteiger partial charge is 0.126 e. The summed E-state index contributed by atoms with van der Waals surface area (Å²) in [7, 11) is 0. The van der Waals surface area contributed by atoms with Gasteiger partial charge in [-0.15, -0.1) is 0 Å². The van der Waals surface area contributed by atoms with Gasteiger partial charge in [0.1, 0.15) is 6.29 Å². The Bertz CT molecular complexity index is 181. The molecule has 0 unspecified atom stereocenters. The summed E-state index contributed by atoms with van der Waals surface area (Å²) in [6, 6.07) is 0. The van der Waals surface area contributed by atoms with Crippen LogP contribution in [0.4, 0.5) is 0 Å². The molecule has 0 atom stereocenters. The van der Waals surface area contributed by atoms with Crippen LogP contribution in [0.3, 0.4) is 0 Å². The Morgan fingerprint density at radius 1 is 1.31 bits per heavy atom. The predicted octanol–water partition coefficient (Wildman–Crippen LogP) is 2.89. The molecule has 2 fully saturated rings. The molecule has 0 N–H and O–H groups in total. The van der Waals surface area contributed by atoms with Crippen molar-refractivity contribution < 1.29 is 4.79 Å². The van der Waals surface area contributed by atoms with Gasteiger partial charge < -0.3 is 4.79 Å². The number of hydrogen-bond donors (Lipinski definition) is 0. The number of rotatable bonds is 3. The van der Waals surface area contributed by atoms with Crippen molar-refractivity contribution in [1.29, 1.82) is 0 Å². The first kappa shape index (κ1) is 9.57. The number of hydrogen-bond acceptors (Lipinski definition) is 2. The summed E-state index contributed by atoms with van der Waals surface area (Å²) in [5, 5.41) is 0. The lowest BCUT2D eigenvalue weighted by Gasteiger charge is -2.38. The molecule has 74 valence electrons. The Morgan fingerprint density at radius 3 is 2.46 bits per heavy atom. The topological polar surface area (TPSA) is 17.1 Å². The maximum Gasteiger partial charge on any atom is 0.126 e. The molecule has 0 spiro atoms. The van der Waals surface area contributed by atoms with Crippen molar-refractivity contribution in [1.82, 2.24) is 0 Å². The van der Waals surface area contributed by atoms with Crippen LogP contribution in [0.2, 0.25) is 0 Å². The maximum atomic E-state index is 11.1. The summed E-state index contributed by atoms with van der Waals surface area (Å²) >= 11 is 2.01. The Kier molecular flexibility index (Phi) is 2.97. The van der Waals surface area contributed by atoms with Crippen molar-refractivity contribution in [3.63, 3.8) is 0 Å². The summed E-state index contributed by atoms with van der Waals surface area (Å²) < 4.78 is 0. The molecule has 1 aliphatic heterocycles. The minimum atomic E-state index is 0.0936. The molecule has 0 radical (unpaired) electrons. The van der Waals surface area contributed by atoms with Gasteiger partial charge in [0.05, 0.1) is 0 Å². The van der Waals surface area contributed by atoms with Crippen LogP contribution in [0.5, 0.6) is 0 Å². The van der Waals surface area contributed by atoms with E-state index in [1.54, 1.807) is 0 Å². The quantitative estimate of drug-likeness (QED) is 0.649. The summed E-state index contributed by atoms with van der Waals surface area (Å²) in [5.41, 5.74) is 0.0936. The van der Waals surface area contributed by atoms with E-state index in [0.29, 0.717) is 0 Å². The molecule has 1 saturated heterocycles. The van der Waals surface area contributed by atoms with E-state index >= 15 is 0 Å². The molecule has 13 heavy (non-hydrogen) atoms. The van der Waals surface area contributed by atoms with Crippen molar-refractivity contribution in [3.05, 3.63) is 0 Å². The molecule has 2 rings (SSSR count). The molecule has 0 aromatic rings. The van der Waals surface area contributed by atoms with Gasteiger partial charge in [-0.05, 0) is 36.7 Å². The molecule has 1 aliphatic carbocycles. The van der Waals surface area contributed by atoms with Crippen LogP contribution in [-0.2, 0) is 4.79 Å². The molecule has 0 aromatic heterocycles. The fourth-order valence-electron chi connectivity index (χ4n) is 2.42. The SMILES string of the molecule is O=CC1(CC2CCC2)CCSCC1. The van der Waals surface area contributed by atoms with E-state index in [0.717, 1.165) is 18.8 Å². The number of thioether (sulfide) groups is 1.